The number of aryl methyl sites for hydroxylation is 1. The van der Waals surface area contributed by atoms with Crippen LogP contribution in [0.3, 0.4) is 0 Å². The average molecular weight is 556 g/mol. The summed E-state index contributed by atoms with van der Waals surface area (Å²) in [5, 5.41) is 10.0. The number of rotatable bonds is 18. The molecular formula is C32H41N7O2. The number of hydrogen-bond donors (Lipinski definition) is 4. The standard InChI is InChI=1S/C32H41N7O2/c1-25-12-14-26(15-13-25)24-36-32-38-30(37-31(39-32)35-19-21-41-23-22-40-20-17-33)34-18-16-29(27-8-4-2-5-9-27)28-10-6-3-7-11-28/h2-15,29H,16-24,33H2,1H3,(H3,34,35,36,37,38,39). The third kappa shape index (κ3) is 10.5. The molecule has 4 aromatic rings. The molecule has 0 atom stereocenters. The molecule has 1 heterocycles. The van der Waals surface area contributed by atoms with E-state index in [0.29, 0.717) is 70.5 Å². The monoisotopic (exact) mass is 555 g/mol. The number of anilines is 3. The normalized spacial score (nSPS) is 11.0. The van der Waals surface area contributed by atoms with E-state index in [9.17, 15) is 0 Å². The first-order chi connectivity index (χ1) is 20.2. The van der Waals surface area contributed by atoms with E-state index in [1.54, 1.807) is 0 Å². The van der Waals surface area contributed by atoms with Crippen LogP contribution in [-0.4, -0.2) is 61.0 Å². The summed E-state index contributed by atoms with van der Waals surface area (Å²) in [6.45, 7) is 6.53. The Labute approximate surface area is 242 Å². The molecule has 0 aliphatic carbocycles. The lowest BCUT2D eigenvalue weighted by atomic mass is 9.88. The van der Waals surface area contributed by atoms with Crippen molar-refractivity contribution in [3.8, 4) is 0 Å². The van der Waals surface area contributed by atoms with Gasteiger partial charge in [-0.3, -0.25) is 0 Å². The van der Waals surface area contributed by atoms with Crippen LogP contribution >= 0.6 is 0 Å². The fraction of sp³-hybridized carbons (Fsp3) is 0.344. The number of nitrogens with zero attached hydrogens (tertiary/aromatic N) is 3. The number of hydrogen-bond acceptors (Lipinski definition) is 9. The Kier molecular flexibility index (Phi) is 12.3. The smallest absolute Gasteiger partial charge is 0.229 e. The maximum atomic E-state index is 5.62. The van der Waals surface area contributed by atoms with E-state index in [2.05, 4.69) is 123 Å². The average Bonchev–Trinajstić information content (AvgIpc) is 3.01. The molecule has 0 fully saturated rings. The molecule has 0 amide bonds. The third-order valence-corrected chi connectivity index (χ3v) is 6.49. The molecule has 4 rings (SSSR count). The van der Waals surface area contributed by atoms with Gasteiger partial charge in [-0.05, 0) is 30.0 Å². The van der Waals surface area contributed by atoms with Crippen molar-refractivity contribution in [2.24, 2.45) is 5.73 Å². The fourth-order valence-corrected chi connectivity index (χ4v) is 4.37. The first kappa shape index (κ1) is 29.9. The van der Waals surface area contributed by atoms with Gasteiger partial charge in [-0.2, -0.15) is 15.0 Å². The zero-order valence-electron chi connectivity index (χ0n) is 23.8. The highest BCUT2D eigenvalue weighted by Crippen LogP contribution is 2.27. The molecule has 1 aromatic heterocycles. The third-order valence-electron chi connectivity index (χ3n) is 6.49. The van der Waals surface area contributed by atoms with Gasteiger partial charge in [0.15, 0.2) is 0 Å². The summed E-state index contributed by atoms with van der Waals surface area (Å²) >= 11 is 0. The Balaban J connectivity index is 1.39. The van der Waals surface area contributed by atoms with E-state index in [0.717, 1.165) is 12.0 Å². The molecule has 0 radical (unpaired) electrons. The zero-order chi connectivity index (χ0) is 28.5. The lowest BCUT2D eigenvalue weighted by Gasteiger charge is -2.19. The van der Waals surface area contributed by atoms with E-state index in [-0.39, 0.29) is 5.92 Å². The molecule has 9 heteroatoms. The summed E-state index contributed by atoms with van der Waals surface area (Å²) in [6, 6.07) is 29.6. The zero-order valence-corrected chi connectivity index (χ0v) is 23.8. The van der Waals surface area contributed by atoms with Crippen LogP contribution in [0.2, 0.25) is 0 Å². The molecule has 0 aliphatic heterocycles. The summed E-state index contributed by atoms with van der Waals surface area (Å²) in [6.07, 6.45) is 0.884. The minimum Gasteiger partial charge on any atom is -0.378 e. The highest BCUT2D eigenvalue weighted by molar-refractivity contribution is 5.43. The molecular weight excluding hydrogens is 514 g/mol. The molecule has 0 saturated heterocycles. The molecule has 0 aliphatic rings. The highest BCUT2D eigenvalue weighted by atomic mass is 16.5. The number of ether oxygens (including phenoxy) is 2. The first-order valence-corrected chi connectivity index (χ1v) is 14.2. The van der Waals surface area contributed by atoms with Crippen LogP contribution in [0, 0.1) is 6.92 Å². The van der Waals surface area contributed by atoms with Gasteiger partial charge in [0.2, 0.25) is 17.8 Å². The molecule has 0 saturated carbocycles. The number of nitrogens with one attached hydrogen (secondary N) is 3. The SMILES string of the molecule is Cc1ccc(CNc2nc(NCCOCCOCCN)nc(NCCC(c3ccccc3)c3ccccc3)n2)cc1. The summed E-state index contributed by atoms with van der Waals surface area (Å²) in [4.78, 5) is 13.9. The van der Waals surface area contributed by atoms with Crippen LogP contribution in [0.4, 0.5) is 17.8 Å². The Morgan fingerprint density at radius 1 is 0.634 bits per heavy atom. The van der Waals surface area contributed by atoms with Crippen molar-refractivity contribution in [3.05, 3.63) is 107 Å². The molecule has 0 spiro atoms. The van der Waals surface area contributed by atoms with Gasteiger partial charge in [-0.25, -0.2) is 0 Å². The number of benzene rings is 3. The fourth-order valence-electron chi connectivity index (χ4n) is 4.37. The lowest BCUT2D eigenvalue weighted by Crippen LogP contribution is -2.17. The maximum absolute atomic E-state index is 5.62. The van der Waals surface area contributed by atoms with Gasteiger partial charge in [0.25, 0.3) is 0 Å². The van der Waals surface area contributed by atoms with Crippen LogP contribution in [-0.2, 0) is 16.0 Å². The van der Waals surface area contributed by atoms with Gasteiger partial charge in [0.05, 0.1) is 26.4 Å². The maximum Gasteiger partial charge on any atom is 0.229 e. The molecule has 216 valence electrons. The quantitative estimate of drug-likeness (QED) is 0.128. The van der Waals surface area contributed by atoms with Crippen molar-refractivity contribution >= 4 is 17.8 Å². The summed E-state index contributed by atoms with van der Waals surface area (Å²) in [7, 11) is 0. The van der Waals surface area contributed by atoms with Crippen molar-refractivity contribution in [2.75, 3.05) is 62.0 Å². The van der Waals surface area contributed by atoms with E-state index < -0.39 is 0 Å². The van der Waals surface area contributed by atoms with Crippen molar-refractivity contribution in [2.45, 2.75) is 25.8 Å². The van der Waals surface area contributed by atoms with Crippen LogP contribution in [0.15, 0.2) is 84.9 Å². The van der Waals surface area contributed by atoms with Crippen molar-refractivity contribution in [1.82, 2.24) is 15.0 Å². The van der Waals surface area contributed by atoms with Crippen LogP contribution in [0.25, 0.3) is 0 Å². The Hall–Kier alpha value is -4.05. The number of nitrogens with two attached hydrogens (primary N) is 1. The topological polar surface area (TPSA) is 119 Å². The summed E-state index contributed by atoms with van der Waals surface area (Å²) < 4.78 is 11.0. The minimum absolute atomic E-state index is 0.259. The summed E-state index contributed by atoms with van der Waals surface area (Å²) in [5.74, 6) is 1.77. The Morgan fingerprint density at radius 3 is 1.76 bits per heavy atom. The lowest BCUT2D eigenvalue weighted by molar-refractivity contribution is 0.0547. The van der Waals surface area contributed by atoms with Gasteiger partial charge in [0, 0.05) is 32.1 Å². The second kappa shape index (κ2) is 16.9. The van der Waals surface area contributed by atoms with Crippen molar-refractivity contribution in [3.63, 3.8) is 0 Å². The second-order valence-electron chi connectivity index (χ2n) is 9.67. The predicted molar refractivity (Wildman–Crippen MR) is 165 cm³/mol. The van der Waals surface area contributed by atoms with Crippen molar-refractivity contribution in [1.29, 1.82) is 0 Å². The predicted octanol–water partition coefficient (Wildman–Crippen LogP) is 4.83. The van der Waals surface area contributed by atoms with E-state index >= 15 is 0 Å². The Morgan fingerprint density at radius 2 is 1.17 bits per heavy atom. The Bertz CT molecular complexity index is 1230. The van der Waals surface area contributed by atoms with E-state index in [1.807, 2.05) is 0 Å². The first-order valence-electron chi connectivity index (χ1n) is 14.2. The highest BCUT2D eigenvalue weighted by Gasteiger charge is 2.14. The van der Waals surface area contributed by atoms with Gasteiger partial charge in [-0.1, -0.05) is 90.5 Å². The van der Waals surface area contributed by atoms with E-state index in [1.165, 1.54) is 16.7 Å². The largest absolute Gasteiger partial charge is 0.378 e. The molecule has 0 unspecified atom stereocenters. The van der Waals surface area contributed by atoms with Crippen LogP contribution in [0.5, 0.6) is 0 Å². The second-order valence-corrected chi connectivity index (χ2v) is 9.67. The molecule has 9 nitrogen and oxygen atoms in total. The van der Waals surface area contributed by atoms with Gasteiger partial charge < -0.3 is 31.2 Å². The van der Waals surface area contributed by atoms with Gasteiger partial charge in [0.1, 0.15) is 0 Å². The van der Waals surface area contributed by atoms with Crippen molar-refractivity contribution < 1.29 is 9.47 Å². The van der Waals surface area contributed by atoms with Crippen LogP contribution in [0.1, 0.15) is 34.6 Å². The molecule has 5 N–H and O–H groups in total. The van der Waals surface area contributed by atoms with Crippen LogP contribution < -0.4 is 21.7 Å². The minimum atomic E-state index is 0.259. The summed E-state index contributed by atoms with van der Waals surface area (Å²) in [5.41, 5.74) is 10.4. The molecule has 0 bridgehead atoms. The van der Waals surface area contributed by atoms with E-state index in [4.69, 9.17) is 15.2 Å². The molecule has 3 aromatic carbocycles. The van der Waals surface area contributed by atoms with Gasteiger partial charge >= 0.3 is 0 Å². The molecule has 41 heavy (non-hydrogen) atoms. The number of aromatic nitrogens is 3. The van der Waals surface area contributed by atoms with Gasteiger partial charge in [-0.15, -0.1) is 0 Å².